The maximum absolute atomic E-state index is 3.76. The van der Waals surface area contributed by atoms with Gasteiger partial charge in [-0.2, -0.15) is 0 Å². The normalized spacial score (nSPS) is 10.7. The Kier molecular flexibility index (Phi) is 14.0. The van der Waals surface area contributed by atoms with Gasteiger partial charge >= 0.3 is 0 Å². The molecular weight excluding hydrogens is 687 g/mol. The molecule has 57 heavy (non-hydrogen) atoms. The monoisotopic (exact) mass is 737 g/mol. The molecule has 0 aliphatic heterocycles. The second-order valence-electron chi connectivity index (χ2n) is 13.4. The second kappa shape index (κ2) is 20.1. The molecule has 0 aromatic heterocycles. The molecule has 0 aliphatic carbocycles. The molecule has 0 aliphatic rings. The number of allylic oxidation sites excluding steroid dienone is 5. The van der Waals surface area contributed by atoms with E-state index in [2.05, 4.69) is 212 Å². The number of rotatable bonds is 9. The summed E-state index contributed by atoms with van der Waals surface area (Å²) in [7, 11) is 0. The summed E-state index contributed by atoms with van der Waals surface area (Å²) in [5.74, 6) is 0. The van der Waals surface area contributed by atoms with Crippen molar-refractivity contribution < 1.29 is 0 Å². The summed E-state index contributed by atoms with van der Waals surface area (Å²) in [6.45, 7) is 11.7. The third-order valence-corrected chi connectivity index (χ3v) is 9.63. The number of nitrogens with zero attached hydrogens (tertiary/aromatic N) is 1. The van der Waals surface area contributed by atoms with E-state index in [9.17, 15) is 0 Å². The molecule has 280 valence electrons. The van der Waals surface area contributed by atoms with E-state index < -0.39 is 0 Å². The first-order valence-electron chi connectivity index (χ1n) is 19.8. The minimum atomic E-state index is 1.05. The quantitative estimate of drug-likeness (QED) is 0.133. The average Bonchev–Trinajstić information content (AvgIpc) is 3.29. The van der Waals surface area contributed by atoms with E-state index >= 15 is 0 Å². The molecule has 0 heterocycles. The van der Waals surface area contributed by atoms with Gasteiger partial charge in [-0.05, 0) is 123 Å². The lowest BCUT2D eigenvalue weighted by atomic mass is 9.98. The van der Waals surface area contributed by atoms with Gasteiger partial charge in [0.05, 0.1) is 0 Å². The molecule has 8 aromatic rings. The van der Waals surface area contributed by atoms with E-state index in [1.165, 1.54) is 55.3 Å². The van der Waals surface area contributed by atoms with Crippen LogP contribution in [0.15, 0.2) is 237 Å². The lowest BCUT2D eigenvalue weighted by Crippen LogP contribution is -2.09. The van der Waals surface area contributed by atoms with Crippen LogP contribution in [0, 0.1) is 0 Å². The van der Waals surface area contributed by atoms with Crippen LogP contribution in [0.25, 0.3) is 55.3 Å². The van der Waals surface area contributed by atoms with Crippen LogP contribution >= 0.6 is 0 Å². The minimum absolute atomic E-state index is 1.05. The van der Waals surface area contributed by atoms with Crippen molar-refractivity contribution in [1.29, 1.82) is 0 Å². The highest BCUT2D eigenvalue weighted by atomic mass is 15.1. The highest BCUT2D eigenvalue weighted by molar-refractivity contribution is 5.88. The smallest absolute Gasteiger partial charge is 0.0462 e. The standard InChI is InChI=1S/C46H33N.C8H12.C2H6/c1-3-10-34(11-4-1)37-20-26-44(27-21-37)47(46-30-24-39(25-31-46)43-19-18-36-14-7-8-15-40(36)33-43)45-28-22-38(23-29-45)42-17-9-16-41(32-42)35-12-5-2-6-13-35;1-4-6-8(3)7-5-2;1-2/h1-33H;4-7H,3H2,1-2H3;1-2H3/b;6-4-,7-5-;. The summed E-state index contributed by atoms with van der Waals surface area (Å²) < 4.78 is 0. The van der Waals surface area contributed by atoms with Gasteiger partial charge in [0.1, 0.15) is 0 Å². The van der Waals surface area contributed by atoms with E-state index in [-0.39, 0.29) is 0 Å². The van der Waals surface area contributed by atoms with Crippen molar-refractivity contribution in [2.24, 2.45) is 0 Å². The van der Waals surface area contributed by atoms with Crippen molar-refractivity contribution in [1.82, 2.24) is 0 Å². The Balaban J connectivity index is 0.000000493. The average molecular weight is 738 g/mol. The van der Waals surface area contributed by atoms with Crippen LogP contribution in [0.4, 0.5) is 17.1 Å². The zero-order valence-corrected chi connectivity index (χ0v) is 33.5. The molecule has 0 spiro atoms. The zero-order valence-electron chi connectivity index (χ0n) is 33.5. The van der Waals surface area contributed by atoms with Gasteiger partial charge in [-0.1, -0.05) is 196 Å². The first-order chi connectivity index (χ1) is 28.1. The van der Waals surface area contributed by atoms with Crippen LogP contribution in [-0.2, 0) is 0 Å². The summed E-state index contributed by atoms with van der Waals surface area (Å²) in [5.41, 5.74) is 14.1. The van der Waals surface area contributed by atoms with Gasteiger partial charge in [-0.3, -0.25) is 0 Å². The van der Waals surface area contributed by atoms with Crippen LogP contribution in [0.1, 0.15) is 27.7 Å². The van der Waals surface area contributed by atoms with Gasteiger partial charge in [0.15, 0.2) is 0 Å². The molecule has 0 saturated carbocycles. The topological polar surface area (TPSA) is 3.24 Å². The summed E-state index contributed by atoms with van der Waals surface area (Å²) in [6, 6.07) is 71.8. The zero-order chi connectivity index (χ0) is 39.8. The molecule has 8 rings (SSSR count). The molecule has 0 N–H and O–H groups in total. The molecular formula is C56H51N. The molecule has 0 atom stereocenters. The van der Waals surface area contributed by atoms with Crippen molar-refractivity contribution in [2.75, 3.05) is 4.90 Å². The Morgan fingerprint density at radius 3 is 1.14 bits per heavy atom. The largest absolute Gasteiger partial charge is 0.311 e. The maximum atomic E-state index is 3.76. The fourth-order valence-corrected chi connectivity index (χ4v) is 6.85. The molecule has 0 amide bonds. The van der Waals surface area contributed by atoms with Gasteiger partial charge < -0.3 is 4.90 Å². The number of fused-ring (bicyclic) bond motifs is 1. The van der Waals surface area contributed by atoms with Crippen molar-refractivity contribution in [2.45, 2.75) is 27.7 Å². The third kappa shape index (κ3) is 10.2. The molecule has 0 bridgehead atoms. The lowest BCUT2D eigenvalue weighted by Gasteiger charge is -2.26. The minimum Gasteiger partial charge on any atom is -0.311 e. The predicted octanol–water partition coefficient (Wildman–Crippen LogP) is 16.7. The van der Waals surface area contributed by atoms with Crippen molar-refractivity contribution in [3.05, 3.63) is 237 Å². The summed E-state index contributed by atoms with van der Waals surface area (Å²) in [4.78, 5) is 2.34. The Morgan fingerprint density at radius 1 is 0.351 bits per heavy atom. The Hall–Kier alpha value is -6.96. The Morgan fingerprint density at radius 2 is 0.684 bits per heavy atom. The van der Waals surface area contributed by atoms with E-state index in [0.29, 0.717) is 0 Å². The summed E-state index contributed by atoms with van der Waals surface area (Å²) >= 11 is 0. The van der Waals surface area contributed by atoms with Gasteiger partial charge in [0.25, 0.3) is 0 Å². The van der Waals surface area contributed by atoms with Gasteiger partial charge in [-0.25, -0.2) is 0 Å². The Bertz CT molecular complexity index is 2510. The molecule has 0 saturated heterocycles. The third-order valence-electron chi connectivity index (χ3n) is 9.63. The van der Waals surface area contributed by atoms with Crippen LogP contribution in [0.2, 0.25) is 0 Å². The van der Waals surface area contributed by atoms with Gasteiger partial charge in [0.2, 0.25) is 0 Å². The second-order valence-corrected chi connectivity index (χ2v) is 13.4. The first kappa shape index (κ1) is 39.7. The highest BCUT2D eigenvalue weighted by Crippen LogP contribution is 2.38. The van der Waals surface area contributed by atoms with Crippen LogP contribution in [-0.4, -0.2) is 0 Å². The SMILES string of the molecule is C=C(/C=C\C)/C=C\C.CC.c1ccc(-c2ccc(N(c3ccc(-c4cccc(-c5ccccc5)c4)cc3)c3ccc(-c4ccc5ccccc5c4)cc3)cc2)cc1. The summed E-state index contributed by atoms with van der Waals surface area (Å²) in [6.07, 6.45) is 7.89. The van der Waals surface area contributed by atoms with Crippen LogP contribution < -0.4 is 4.90 Å². The Labute approximate surface area is 340 Å². The van der Waals surface area contributed by atoms with E-state index in [1.54, 1.807) is 0 Å². The molecule has 0 fully saturated rings. The van der Waals surface area contributed by atoms with Crippen LogP contribution in [0.5, 0.6) is 0 Å². The highest BCUT2D eigenvalue weighted by Gasteiger charge is 2.14. The van der Waals surface area contributed by atoms with Gasteiger partial charge in [-0.15, -0.1) is 0 Å². The fraction of sp³-hybridized carbons (Fsp3) is 0.0714. The van der Waals surface area contributed by atoms with E-state index in [0.717, 1.165) is 22.6 Å². The molecule has 1 heteroatoms. The predicted molar refractivity (Wildman–Crippen MR) is 250 cm³/mol. The first-order valence-corrected chi connectivity index (χ1v) is 19.8. The van der Waals surface area contributed by atoms with Crippen molar-refractivity contribution in [3.8, 4) is 44.5 Å². The molecule has 0 radical (unpaired) electrons. The number of benzene rings is 8. The molecule has 8 aromatic carbocycles. The van der Waals surface area contributed by atoms with Crippen molar-refractivity contribution >= 4 is 27.8 Å². The summed E-state index contributed by atoms with van der Waals surface area (Å²) in [5, 5.41) is 2.51. The fourth-order valence-electron chi connectivity index (χ4n) is 6.85. The maximum Gasteiger partial charge on any atom is 0.0462 e. The van der Waals surface area contributed by atoms with E-state index in [1.807, 2.05) is 52.0 Å². The van der Waals surface area contributed by atoms with E-state index in [4.69, 9.17) is 0 Å². The molecule has 1 nitrogen and oxygen atoms in total. The number of hydrogen-bond acceptors (Lipinski definition) is 1. The molecule has 0 unspecified atom stereocenters. The van der Waals surface area contributed by atoms with Crippen molar-refractivity contribution in [3.63, 3.8) is 0 Å². The lowest BCUT2D eigenvalue weighted by molar-refractivity contribution is 1.28. The number of hydrogen-bond donors (Lipinski definition) is 0. The number of anilines is 3. The van der Waals surface area contributed by atoms with Crippen LogP contribution in [0.3, 0.4) is 0 Å². The van der Waals surface area contributed by atoms with Gasteiger partial charge in [0, 0.05) is 17.1 Å².